The van der Waals surface area contributed by atoms with Gasteiger partial charge in [-0.25, -0.2) is 4.79 Å². The zero-order valence-corrected chi connectivity index (χ0v) is 18.4. The Morgan fingerprint density at radius 3 is 2.52 bits per heavy atom. The predicted molar refractivity (Wildman–Crippen MR) is 115 cm³/mol. The minimum atomic E-state index is -1.18. The molecule has 1 aromatic carbocycles. The molecular weight excluding hydrogens is 395 g/mol. The fourth-order valence-electron chi connectivity index (χ4n) is 6.20. The van der Waals surface area contributed by atoms with Crippen molar-refractivity contribution in [2.45, 2.75) is 76.1 Å². The maximum absolute atomic E-state index is 13.0. The van der Waals surface area contributed by atoms with Gasteiger partial charge in [-0.05, 0) is 61.8 Å². The van der Waals surface area contributed by atoms with Crippen LogP contribution >= 0.6 is 0 Å². The number of nitrogens with one attached hydrogen (secondary N) is 2. The van der Waals surface area contributed by atoms with Gasteiger partial charge in [0.2, 0.25) is 5.91 Å². The van der Waals surface area contributed by atoms with Gasteiger partial charge in [0.05, 0.1) is 17.6 Å². The van der Waals surface area contributed by atoms with E-state index >= 15 is 0 Å². The SMILES string of the molecule is CC1(C)[C@@H]2C[C@H]3OB([C@H](Cc4ccccc4)NC(=O)C4(NC(=O)O)CC4)O[C@@]3(C)[C@H]1C2. The molecule has 0 spiro atoms. The van der Waals surface area contributed by atoms with E-state index in [4.69, 9.17) is 14.4 Å². The summed E-state index contributed by atoms with van der Waals surface area (Å²) in [5.41, 5.74) is -0.0788. The van der Waals surface area contributed by atoms with Crippen LogP contribution in [0.2, 0.25) is 0 Å². The van der Waals surface area contributed by atoms with Crippen LogP contribution < -0.4 is 10.6 Å². The molecule has 5 aliphatic rings. The van der Waals surface area contributed by atoms with Crippen LogP contribution in [-0.2, 0) is 20.5 Å². The van der Waals surface area contributed by atoms with Crippen molar-refractivity contribution in [1.82, 2.24) is 10.6 Å². The Balaban J connectivity index is 1.37. The standard InChI is InChI=1S/C23H31BN2O5/c1-21(2)15-12-16(21)22(3)17(13-15)30-24(31-22)18(11-14-7-5-4-6-8-14)25-19(27)23(9-10-23)26-20(28)29/h4-8,15-18,26H,9-13H2,1-3H3,(H,25,27)(H,28,29)/t15-,16-,17+,18-,22-/m0/s1. The van der Waals surface area contributed by atoms with E-state index in [1.807, 2.05) is 30.3 Å². The van der Waals surface area contributed by atoms with Crippen molar-refractivity contribution in [1.29, 1.82) is 0 Å². The fraction of sp³-hybridized carbons (Fsp3) is 0.652. The van der Waals surface area contributed by atoms with Gasteiger partial charge in [-0.2, -0.15) is 0 Å². The average Bonchev–Trinajstić information content (AvgIpc) is 3.39. The second kappa shape index (κ2) is 6.97. The first-order valence-corrected chi connectivity index (χ1v) is 11.3. The van der Waals surface area contributed by atoms with E-state index in [2.05, 4.69) is 31.4 Å². The molecule has 1 saturated heterocycles. The van der Waals surface area contributed by atoms with Crippen LogP contribution in [0, 0.1) is 17.3 Å². The van der Waals surface area contributed by atoms with Gasteiger partial charge in [-0.15, -0.1) is 0 Å². The van der Waals surface area contributed by atoms with E-state index in [1.165, 1.54) is 0 Å². The van der Waals surface area contributed by atoms with E-state index in [-0.39, 0.29) is 23.0 Å². The molecule has 4 saturated carbocycles. The zero-order chi connectivity index (χ0) is 22.0. The van der Waals surface area contributed by atoms with Crippen molar-refractivity contribution in [2.75, 3.05) is 0 Å². The van der Waals surface area contributed by atoms with Crippen LogP contribution in [-0.4, -0.2) is 47.4 Å². The molecule has 2 bridgehead atoms. The topological polar surface area (TPSA) is 96.9 Å². The lowest BCUT2D eigenvalue weighted by molar-refractivity contribution is -0.199. The molecule has 3 N–H and O–H groups in total. The molecule has 31 heavy (non-hydrogen) atoms. The third-order valence-corrected chi connectivity index (χ3v) is 8.44. The number of rotatable bonds is 6. The molecule has 1 heterocycles. The van der Waals surface area contributed by atoms with Gasteiger partial charge < -0.3 is 25.0 Å². The highest BCUT2D eigenvalue weighted by atomic mass is 16.7. The molecule has 0 radical (unpaired) electrons. The fourth-order valence-corrected chi connectivity index (χ4v) is 6.20. The molecule has 5 fully saturated rings. The maximum atomic E-state index is 13.0. The van der Waals surface area contributed by atoms with Crippen LogP contribution in [0.15, 0.2) is 30.3 Å². The highest BCUT2D eigenvalue weighted by Gasteiger charge is 2.68. The Bertz CT molecular complexity index is 889. The molecule has 166 valence electrons. The van der Waals surface area contributed by atoms with E-state index in [1.54, 1.807) is 0 Å². The minimum Gasteiger partial charge on any atom is -0.465 e. The Hall–Kier alpha value is -2.06. The molecule has 4 aliphatic carbocycles. The summed E-state index contributed by atoms with van der Waals surface area (Å²) in [5, 5.41) is 14.6. The summed E-state index contributed by atoms with van der Waals surface area (Å²) in [6.07, 6.45) is 2.56. The van der Waals surface area contributed by atoms with Crippen molar-refractivity contribution < 1.29 is 24.0 Å². The summed E-state index contributed by atoms with van der Waals surface area (Å²) >= 11 is 0. The van der Waals surface area contributed by atoms with Crippen LogP contribution in [0.5, 0.6) is 0 Å². The highest BCUT2D eigenvalue weighted by Crippen LogP contribution is 2.65. The van der Waals surface area contributed by atoms with Gasteiger partial charge >= 0.3 is 13.2 Å². The molecule has 5 atom stereocenters. The van der Waals surface area contributed by atoms with Gasteiger partial charge in [0, 0.05) is 0 Å². The number of amides is 2. The Morgan fingerprint density at radius 2 is 1.90 bits per heavy atom. The second-order valence-corrected chi connectivity index (χ2v) is 10.6. The normalized spacial score (nSPS) is 34.8. The Morgan fingerprint density at radius 1 is 1.19 bits per heavy atom. The summed E-state index contributed by atoms with van der Waals surface area (Å²) in [4.78, 5) is 24.2. The number of carbonyl (C=O) groups excluding carboxylic acids is 1. The van der Waals surface area contributed by atoms with Crippen LogP contribution in [0.4, 0.5) is 4.79 Å². The van der Waals surface area contributed by atoms with Gasteiger partial charge in [-0.3, -0.25) is 4.79 Å². The first-order valence-electron chi connectivity index (χ1n) is 11.3. The lowest BCUT2D eigenvalue weighted by atomic mass is 9.43. The van der Waals surface area contributed by atoms with Crippen molar-refractivity contribution >= 4 is 19.1 Å². The summed E-state index contributed by atoms with van der Waals surface area (Å²) in [7, 11) is -0.560. The molecule has 7 nitrogen and oxygen atoms in total. The number of carboxylic acid groups (broad SMARTS) is 1. The first kappa shape index (κ1) is 20.8. The van der Waals surface area contributed by atoms with Gasteiger partial charge in [0.15, 0.2) is 0 Å². The van der Waals surface area contributed by atoms with Crippen LogP contribution in [0.1, 0.15) is 52.0 Å². The van der Waals surface area contributed by atoms with E-state index < -0.39 is 24.7 Å². The number of hydrogen-bond donors (Lipinski definition) is 3. The van der Waals surface area contributed by atoms with Crippen molar-refractivity contribution in [3.63, 3.8) is 0 Å². The lowest BCUT2D eigenvalue weighted by Gasteiger charge is -2.64. The lowest BCUT2D eigenvalue weighted by Crippen LogP contribution is -2.65. The number of carbonyl (C=O) groups is 2. The van der Waals surface area contributed by atoms with E-state index in [9.17, 15) is 9.59 Å². The number of hydrogen-bond acceptors (Lipinski definition) is 4. The zero-order valence-electron chi connectivity index (χ0n) is 18.4. The summed E-state index contributed by atoms with van der Waals surface area (Å²) in [6, 6.07) is 9.94. The monoisotopic (exact) mass is 426 g/mol. The molecule has 0 unspecified atom stereocenters. The van der Waals surface area contributed by atoms with Gasteiger partial charge in [0.25, 0.3) is 0 Å². The Kier molecular flexibility index (Phi) is 4.68. The van der Waals surface area contributed by atoms with Crippen LogP contribution in [0.25, 0.3) is 0 Å². The second-order valence-electron chi connectivity index (χ2n) is 10.6. The third kappa shape index (κ3) is 3.35. The third-order valence-electron chi connectivity index (χ3n) is 8.44. The van der Waals surface area contributed by atoms with E-state index in [0.717, 1.165) is 18.4 Å². The largest absolute Gasteiger partial charge is 0.482 e. The smallest absolute Gasteiger partial charge is 0.465 e. The number of benzene rings is 1. The van der Waals surface area contributed by atoms with E-state index in [0.29, 0.717) is 31.1 Å². The molecule has 0 aromatic heterocycles. The van der Waals surface area contributed by atoms with Crippen molar-refractivity contribution in [3.8, 4) is 0 Å². The maximum Gasteiger partial charge on any atom is 0.482 e. The molecule has 1 aromatic rings. The highest BCUT2D eigenvalue weighted by molar-refractivity contribution is 6.48. The summed E-state index contributed by atoms with van der Waals surface area (Å²) in [5.74, 6) is 0.387. The van der Waals surface area contributed by atoms with Crippen LogP contribution in [0.3, 0.4) is 0 Å². The quantitative estimate of drug-likeness (QED) is 0.608. The average molecular weight is 426 g/mol. The molecule has 8 heteroatoms. The summed E-state index contributed by atoms with van der Waals surface area (Å²) in [6.45, 7) is 6.80. The summed E-state index contributed by atoms with van der Waals surface area (Å²) < 4.78 is 13.1. The first-order chi connectivity index (χ1) is 14.6. The molecule has 6 rings (SSSR count). The van der Waals surface area contributed by atoms with Gasteiger partial charge in [-0.1, -0.05) is 44.2 Å². The van der Waals surface area contributed by atoms with Crippen molar-refractivity contribution in [2.24, 2.45) is 17.3 Å². The molecule has 2 amide bonds. The molecule has 1 aliphatic heterocycles. The predicted octanol–water partition coefficient (Wildman–Crippen LogP) is 2.78. The van der Waals surface area contributed by atoms with Gasteiger partial charge in [0.1, 0.15) is 5.54 Å². The molecular formula is C23H31BN2O5. The van der Waals surface area contributed by atoms with Crippen molar-refractivity contribution in [3.05, 3.63) is 35.9 Å². The Labute approximate surface area is 183 Å². The minimum absolute atomic E-state index is 0.0245.